The highest BCUT2D eigenvalue weighted by atomic mass is 32.2. The Kier molecular flexibility index (Phi) is 5.36. The van der Waals surface area contributed by atoms with Crippen molar-refractivity contribution in [2.75, 3.05) is 11.2 Å². The molecule has 1 unspecified atom stereocenters. The smallest absolute Gasteiger partial charge is 0.326 e. The van der Waals surface area contributed by atoms with Crippen molar-refractivity contribution in [1.29, 1.82) is 0 Å². The Labute approximate surface area is 180 Å². The normalized spacial score (nSPS) is 19.2. The van der Waals surface area contributed by atoms with Gasteiger partial charge >= 0.3 is 12.2 Å². The van der Waals surface area contributed by atoms with Gasteiger partial charge in [-0.25, -0.2) is 4.79 Å². The molecule has 0 spiro atoms. The highest BCUT2D eigenvalue weighted by Gasteiger charge is 2.42. The van der Waals surface area contributed by atoms with Crippen LogP contribution in [0.5, 0.6) is 0 Å². The summed E-state index contributed by atoms with van der Waals surface area (Å²) in [6.45, 7) is 0. The van der Waals surface area contributed by atoms with E-state index < -0.39 is 23.8 Å². The second kappa shape index (κ2) is 7.70. The van der Waals surface area contributed by atoms with E-state index in [0.29, 0.717) is 17.7 Å². The monoisotopic (exact) mass is 450 g/mol. The molecule has 0 bridgehead atoms. The number of nitrogens with zero attached hydrogens (tertiary/aromatic N) is 1. The number of hydrogen-bond donors (Lipinski definition) is 2. The number of hydrogen-bond acceptors (Lipinski definition) is 4. The largest absolute Gasteiger partial charge is 0.416 e. The van der Waals surface area contributed by atoms with Gasteiger partial charge in [0, 0.05) is 27.5 Å². The van der Waals surface area contributed by atoms with Crippen LogP contribution < -0.4 is 10.2 Å². The number of nitrogens with one attached hydrogen (secondary N) is 1. The number of Topliss-reactive ketones (excluding diaryl/α,β-unsaturated/α-hetero) is 1. The summed E-state index contributed by atoms with van der Waals surface area (Å²) in [5.41, 5.74) is 0.874. The number of carbonyl (C=O) groups is 2. The van der Waals surface area contributed by atoms with Gasteiger partial charge in [0.25, 0.3) is 0 Å². The van der Waals surface area contributed by atoms with Gasteiger partial charge < -0.3 is 5.32 Å². The zero-order valence-electron chi connectivity index (χ0n) is 15.8. The molecule has 0 saturated carbocycles. The fourth-order valence-electron chi connectivity index (χ4n) is 3.87. The molecule has 156 valence electrons. The van der Waals surface area contributed by atoms with E-state index in [-0.39, 0.29) is 17.9 Å². The summed E-state index contributed by atoms with van der Waals surface area (Å²) in [6.07, 6.45) is -2.13. The first kappa shape index (κ1) is 20.9. The maximum atomic E-state index is 13.2. The van der Waals surface area contributed by atoms with E-state index >= 15 is 0 Å². The molecule has 0 aromatic heterocycles. The fraction of sp³-hybridized carbons (Fsp3) is 0.238. The zero-order valence-corrected chi connectivity index (χ0v) is 17.5. The van der Waals surface area contributed by atoms with Gasteiger partial charge in [-0.3, -0.25) is 9.69 Å². The van der Waals surface area contributed by atoms with Crippen molar-refractivity contribution in [3.05, 3.63) is 64.9 Å². The average Bonchev–Trinajstić information content (AvgIpc) is 3.08. The van der Waals surface area contributed by atoms with Gasteiger partial charge in [-0.1, -0.05) is 12.1 Å². The maximum absolute atomic E-state index is 13.2. The third-order valence-electron chi connectivity index (χ3n) is 5.19. The SMILES string of the molecule is CSc1cc(S)ccc1C1NC(=O)N(c2cccc(C(F)(F)F)c2)C2=C1C(=O)CC2. The van der Waals surface area contributed by atoms with Crippen molar-refractivity contribution in [1.82, 2.24) is 5.32 Å². The van der Waals surface area contributed by atoms with Gasteiger partial charge in [-0.2, -0.15) is 13.2 Å². The molecule has 1 aliphatic heterocycles. The number of allylic oxidation sites excluding steroid dienone is 1. The molecule has 2 aromatic rings. The molecule has 4 rings (SSSR count). The Bertz CT molecular complexity index is 1080. The van der Waals surface area contributed by atoms with Gasteiger partial charge in [0.05, 0.1) is 17.3 Å². The molecule has 2 amide bonds. The third kappa shape index (κ3) is 3.60. The van der Waals surface area contributed by atoms with Crippen LogP contribution in [0.3, 0.4) is 0 Å². The molecule has 2 aliphatic rings. The van der Waals surface area contributed by atoms with Gasteiger partial charge in [0.2, 0.25) is 0 Å². The predicted octanol–water partition coefficient (Wildman–Crippen LogP) is 5.60. The van der Waals surface area contributed by atoms with Crippen LogP contribution in [0.15, 0.2) is 63.5 Å². The van der Waals surface area contributed by atoms with Crippen LogP contribution in [0.4, 0.5) is 23.7 Å². The topological polar surface area (TPSA) is 49.4 Å². The number of rotatable bonds is 3. The first-order valence-electron chi connectivity index (χ1n) is 9.11. The number of alkyl halides is 3. The lowest BCUT2D eigenvalue weighted by Gasteiger charge is -2.35. The standard InChI is InChI=1S/C21H17F3N2O2S2/c1-30-17-10-13(29)5-6-14(17)19-18-15(7-8-16(18)27)26(20(28)25-19)12-4-2-3-11(9-12)21(22,23)24/h2-6,9-10,19,29H,7-8H2,1H3,(H,25,28). The van der Waals surface area contributed by atoms with Crippen molar-refractivity contribution in [3.8, 4) is 0 Å². The third-order valence-corrected chi connectivity index (χ3v) is 6.26. The Hall–Kier alpha value is -2.39. The van der Waals surface area contributed by atoms with E-state index in [4.69, 9.17) is 0 Å². The first-order valence-corrected chi connectivity index (χ1v) is 10.8. The number of anilines is 1. The molecule has 1 aliphatic carbocycles. The number of urea groups is 1. The summed E-state index contributed by atoms with van der Waals surface area (Å²) in [4.78, 5) is 28.6. The van der Waals surface area contributed by atoms with Gasteiger partial charge in [-0.15, -0.1) is 24.4 Å². The van der Waals surface area contributed by atoms with Crippen LogP contribution in [0, 0.1) is 0 Å². The molecule has 1 heterocycles. The summed E-state index contributed by atoms with van der Waals surface area (Å²) in [7, 11) is 0. The number of thiol groups is 1. The van der Waals surface area contributed by atoms with Crippen molar-refractivity contribution in [2.24, 2.45) is 0 Å². The Balaban J connectivity index is 1.84. The minimum Gasteiger partial charge on any atom is -0.326 e. The van der Waals surface area contributed by atoms with Crippen LogP contribution in [0.1, 0.15) is 30.0 Å². The lowest BCUT2D eigenvalue weighted by Crippen LogP contribution is -2.47. The molecule has 2 aromatic carbocycles. The van der Waals surface area contributed by atoms with Crippen molar-refractivity contribution >= 4 is 41.9 Å². The molecule has 9 heteroatoms. The molecule has 0 fully saturated rings. The van der Waals surface area contributed by atoms with E-state index in [0.717, 1.165) is 27.5 Å². The number of thioether (sulfide) groups is 1. The highest BCUT2D eigenvalue weighted by Crippen LogP contribution is 2.43. The second-order valence-corrected chi connectivity index (χ2v) is 8.34. The summed E-state index contributed by atoms with van der Waals surface area (Å²) in [5, 5.41) is 2.82. The van der Waals surface area contributed by atoms with E-state index in [1.54, 1.807) is 6.07 Å². The van der Waals surface area contributed by atoms with Crippen molar-refractivity contribution < 1.29 is 22.8 Å². The minimum absolute atomic E-state index is 0.0822. The van der Waals surface area contributed by atoms with Crippen LogP contribution in [0.2, 0.25) is 0 Å². The van der Waals surface area contributed by atoms with Crippen LogP contribution in [-0.4, -0.2) is 18.1 Å². The van der Waals surface area contributed by atoms with Gasteiger partial charge in [0.1, 0.15) is 0 Å². The summed E-state index contributed by atoms with van der Waals surface area (Å²) in [5.74, 6) is -0.117. The Morgan fingerprint density at radius 3 is 2.60 bits per heavy atom. The molecule has 30 heavy (non-hydrogen) atoms. The summed E-state index contributed by atoms with van der Waals surface area (Å²) in [6, 6.07) is 8.81. The predicted molar refractivity (Wildman–Crippen MR) is 112 cm³/mol. The summed E-state index contributed by atoms with van der Waals surface area (Å²) < 4.78 is 39.5. The average molecular weight is 451 g/mol. The second-order valence-electron chi connectivity index (χ2n) is 6.98. The molecule has 0 saturated heterocycles. The molecule has 4 nitrogen and oxygen atoms in total. The van der Waals surface area contributed by atoms with E-state index in [1.165, 1.54) is 28.8 Å². The van der Waals surface area contributed by atoms with Crippen LogP contribution in [-0.2, 0) is 11.0 Å². The molecule has 1 N–H and O–H groups in total. The van der Waals surface area contributed by atoms with Crippen LogP contribution >= 0.6 is 24.4 Å². The minimum atomic E-state index is -4.53. The quantitative estimate of drug-likeness (QED) is 0.473. The van der Waals surface area contributed by atoms with E-state index in [1.807, 2.05) is 18.4 Å². The Morgan fingerprint density at radius 2 is 1.90 bits per heavy atom. The zero-order chi connectivity index (χ0) is 21.6. The number of ketones is 1. The maximum Gasteiger partial charge on any atom is 0.416 e. The molecule has 1 atom stereocenters. The summed E-state index contributed by atoms with van der Waals surface area (Å²) >= 11 is 5.81. The molecular formula is C21H17F3N2O2S2. The van der Waals surface area contributed by atoms with E-state index in [9.17, 15) is 22.8 Å². The lowest BCUT2D eigenvalue weighted by molar-refractivity contribution is -0.137. The number of benzene rings is 2. The van der Waals surface area contributed by atoms with Gasteiger partial charge in [-0.05, 0) is 48.6 Å². The van der Waals surface area contributed by atoms with Gasteiger partial charge in [0.15, 0.2) is 5.78 Å². The lowest BCUT2D eigenvalue weighted by atomic mass is 9.94. The highest BCUT2D eigenvalue weighted by molar-refractivity contribution is 7.98. The van der Waals surface area contributed by atoms with Crippen molar-refractivity contribution in [2.45, 2.75) is 34.9 Å². The fourth-order valence-corrected chi connectivity index (χ4v) is 4.83. The number of halogens is 3. The Morgan fingerprint density at radius 1 is 1.13 bits per heavy atom. The molecule has 0 radical (unpaired) electrons. The number of amides is 2. The van der Waals surface area contributed by atoms with E-state index in [2.05, 4.69) is 17.9 Å². The molecular weight excluding hydrogens is 433 g/mol. The number of carbonyl (C=O) groups excluding carboxylic acids is 2. The van der Waals surface area contributed by atoms with Crippen molar-refractivity contribution in [3.63, 3.8) is 0 Å². The first-order chi connectivity index (χ1) is 14.2. The van der Waals surface area contributed by atoms with Crippen LogP contribution in [0.25, 0.3) is 0 Å².